The fourth-order valence-electron chi connectivity index (χ4n) is 1.81. The van der Waals surface area contributed by atoms with Gasteiger partial charge in [-0.3, -0.25) is 4.79 Å². The van der Waals surface area contributed by atoms with Crippen molar-refractivity contribution in [3.63, 3.8) is 0 Å². The van der Waals surface area contributed by atoms with Crippen molar-refractivity contribution in [2.75, 3.05) is 13.2 Å². The van der Waals surface area contributed by atoms with E-state index < -0.39 is 0 Å². The molecule has 96 valence electrons. The molecule has 2 rings (SSSR count). The molecule has 0 aliphatic rings. The molecule has 0 unspecified atom stereocenters. The van der Waals surface area contributed by atoms with Gasteiger partial charge in [-0.05, 0) is 18.6 Å². The summed E-state index contributed by atoms with van der Waals surface area (Å²) in [6, 6.07) is 7.88. The van der Waals surface area contributed by atoms with Gasteiger partial charge in [-0.2, -0.15) is 0 Å². The number of benzene rings is 1. The quantitative estimate of drug-likeness (QED) is 0.784. The molecule has 0 atom stereocenters. The van der Waals surface area contributed by atoms with E-state index in [2.05, 4.69) is 4.98 Å². The second-order valence-corrected chi connectivity index (χ2v) is 3.97. The van der Waals surface area contributed by atoms with Crippen LogP contribution in [0.2, 0.25) is 0 Å². The highest BCUT2D eigenvalue weighted by Crippen LogP contribution is 2.12. The van der Waals surface area contributed by atoms with Crippen molar-refractivity contribution in [3.05, 3.63) is 30.6 Å². The van der Waals surface area contributed by atoms with Crippen LogP contribution in [0.15, 0.2) is 30.6 Å². The van der Waals surface area contributed by atoms with Gasteiger partial charge < -0.3 is 14.4 Å². The lowest BCUT2D eigenvalue weighted by atomic mass is 10.3. The lowest BCUT2D eigenvalue weighted by Gasteiger charge is -2.04. The topological polar surface area (TPSA) is 64.4 Å². The maximum absolute atomic E-state index is 11.2. The molecule has 0 saturated carbocycles. The first kappa shape index (κ1) is 12.6. The monoisotopic (exact) mass is 248 g/mol. The molecule has 0 bridgehead atoms. The molecule has 2 aromatic rings. The van der Waals surface area contributed by atoms with E-state index >= 15 is 0 Å². The second kappa shape index (κ2) is 6.16. The zero-order valence-electron chi connectivity index (χ0n) is 10.1. The van der Waals surface area contributed by atoms with Crippen LogP contribution in [0.5, 0.6) is 0 Å². The summed E-state index contributed by atoms with van der Waals surface area (Å²) in [6.07, 6.45) is 2.83. The summed E-state index contributed by atoms with van der Waals surface area (Å²) >= 11 is 0. The van der Waals surface area contributed by atoms with Crippen molar-refractivity contribution in [2.24, 2.45) is 0 Å². The molecule has 5 nitrogen and oxygen atoms in total. The van der Waals surface area contributed by atoms with Crippen LogP contribution in [0.4, 0.5) is 0 Å². The van der Waals surface area contributed by atoms with E-state index in [9.17, 15) is 4.79 Å². The molecule has 0 aliphatic heterocycles. The van der Waals surface area contributed by atoms with Crippen molar-refractivity contribution >= 4 is 17.0 Å². The number of rotatable bonds is 6. The van der Waals surface area contributed by atoms with Crippen LogP contribution in [-0.4, -0.2) is 33.8 Å². The van der Waals surface area contributed by atoms with Crippen molar-refractivity contribution in [1.29, 1.82) is 0 Å². The number of nitrogens with zero attached hydrogens (tertiary/aromatic N) is 2. The predicted molar refractivity (Wildman–Crippen MR) is 67.0 cm³/mol. The number of aliphatic hydroxyl groups excluding tert-OH is 1. The lowest BCUT2D eigenvalue weighted by molar-refractivity contribution is -0.144. The van der Waals surface area contributed by atoms with Crippen LogP contribution in [-0.2, 0) is 16.1 Å². The Labute approximate surface area is 105 Å². The summed E-state index contributed by atoms with van der Waals surface area (Å²) in [6.45, 7) is 0.680. The second-order valence-electron chi connectivity index (χ2n) is 3.97. The third-order valence-electron chi connectivity index (χ3n) is 2.66. The highest BCUT2D eigenvalue weighted by Gasteiger charge is 2.04. The lowest BCUT2D eigenvalue weighted by Crippen LogP contribution is -2.09. The zero-order chi connectivity index (χ0) is 12.8. The Morgan fingerprint density at radius 3 is 3.06 bits per heavy atom. The molecule has 5 heteroatoms. The van der Waals surface area contributed by atoms with Gasteiger partial charge >= 0.3 is 5.97 Å². The third kappa shape index (κ3) is 3.07. The van der Waals surface area contributed by atoms with Gasteiger partial charge in [0, 0.05) is 13.0 Å². The minimum Gasteiger partial charge on any atom is -0.463 e. The highest BCUT2D eigenvalue weighted by atomic mass is 16.5. The molecule has 0 radical (unpaired) electrons. The number of esters is 1. The molecule has 1 aromatic carbocycles. The van der Waals surface area contributed by atoms with E-state index in [1.165, 1.54) is 0 Å². The number of para-hydroxylation sites is 2. The number of aromatic nitrogens is 2. The fraction of sp³-hybridized carbons (Fsp3) is 0.385. The van der Waals surface area contributed by atoms with E-state index in [0.717, 1.165) is 17.6 Å². The SMILES string of the molecule is O=C(CCCn1cnc2ccccc21)OCCO. The van der Waals surface area contributed by atoms with Crippen LogP contribution in [0.3, 0.4) is 0 Å². The summed E-state index contributed by atoms with van der Waals surface area (Å²) in [5.41, 5.74) is 2.03. The average Bonchev–Trinajstić information content (AvgIpc) is 2.80. The molecule has 18 heavy (non-hydrogen) atoms. The Hall–Kier alpha value is -1.88. The number of hydrogen-bond donors (Lipinski definition) is 1. The van der Waals surface area contributed by atoms with Crippen LogP contribution in [0, 0.1) is 0 Å². The normalized spacial score (nSPS) is 10.7. The maximum Gasteiger partial charge on any atom is 0.305 e. The van der Waals surface area contributed by atoms with Crippen molar-refractivity contribution < 1.29 is 14.6 Å². The number of aliphatic hydroxyl groups is 1. The first-order valence-corrected chi connectivity index (χ1v) is 5.97. The highest BCUT2D eigenvalue weighted by molar-refractivity contribution is 5.75. The number of carbonyl (C=O) groups excluding carboxylic acids is 1. The Balaban J connectivity index is 1.85. The zero-order valence-corrected chi connectivity index (χ0v) is 10.1. The minimum atomic E-state index is -0.270. The van der Waals surface area contributed by atoms with Crippen LogP contribution < -0.4 is 0 Å². The van der Waals surface area contributed by atoms with Gasteiger partial charge in [0.1, 0.15) is 6.61 Å². The summed E-state index contributed by atoms with van der Waals surface area (Å²) in [4.78, 5) is 15.5. The standard InChI is InChI=1S/C13H16N2O3/c16-8-9-18-13(17)6-3-7-15-10-14-11-4-1-2-5-12(11)15/h1-2,4-5,10,16H,3,6-9H2. The number of aryl methyl sites for hydroxylation is 1. The van der Waals surface area contributed by atoms with E-state index in [1.54, 1.807) is 6.33 Å². The maximum atomic E-state index is 11.2. The molecular weight excluding hydrogens is 232 g/mol. The molecule has 1 aromatic heterocycles. The minimum absolute atomic E-state index is 0.0762. The van der Waals surface area contributed by atoms with E-state index in [0.29, 0.717) is 12.8 Å². The van der Waals surface area contributed by atoms with Gasteiger partial charge in [-0.15, -0.1) is 0 Å². The largest absolute Gasteiger partial charge is 0.463 e. The fourth-order valence-corrected chi connectivity index (χ4v) is 1.81. The number of fused-ring (bicyclic) bond motifs is 1. The molecule has 0 aliphatic carbocycles. The van der Waals surface area contributed by atoms with Crippen LogP contribution in [0.1, 0.15) is 12.8 Å². The van der Waals surface area contributed by atoms with Crippen molar-refractivity contribution in [1.82, 2.24) is 9.55 Å². The third-order valence-corrected chi connectivity index (χ3v) is 2.66. The number of imidazole rings is 1. The molecule has 0 saturated heterocycles. The molecule has 0 fully saturated rings. The van der Waals surface area contributed by atoms with Gasteiger partial charge in [0.15, 0.2) is 0 Å². The van der Waals surface area contributed by atoms with E-state index in [4.69, 9.17) is 9.84 Å². The molecule has 0 amide bonds. The van der Waals surface area contributed by atoms with Crippen LogP contribution in [0.25, 0.3) is 11.0 Å². The molecular formula is C13H16N2O3. The number of hydrogen-bond acceptors (Lipinski definition) is 4. The molecule has 0 spiro atoms. The Morgan fingerprint density at radius 2 is 2.22 bits per heavy atom. The average molecular weight is 248 g/mol. The summed E-state index contributed by atoms with van der Waals surface area (Å²) in [5.74, 6) is -0.270. The first-order chi connectivity index (χ1) is 8.81. The van der Waals surface area contributed by atoms with Gasteiger partial charge in [-0.1, -0.05) is 12.1 Å². The smallest absolute Gasteiger partial charge is 0.305 e. The Bertz CT molecular complexity index is 522. The predicted octanol–water partition coefficient (Wildman–Crippen LogP) is 1.35. The summed E-state index contributed by atoms with van der Waals surface area (Å²) < 4.78 is 6.81. The van der Waals surface area contributed by atoms with Gasteiger partial charge in [0.05, 0.1) is 24.0 Å². The first-order valence-electron chi connectivity index (χ1n) is 5.97. The van der Waals surface area contributed by atoms with Gasteiger partial charge in [0.2, 0.25) is 0 Å². The van der Waals surface area contributed by atoms with Crippen molar-refractivity contribution in [2.45, 2.75) is 19.4 Å². The Kier molecular flexibility index (Phi) is 4.30. The van der Waals surface area contributed by atoms with Gasteiger partial charge in [-0.25, -0.2) is 4.98 Å². The van der Waals surface area contributed by atoms with Gasteiger partial charge in [0.25, 0.3) is 0 Å². The van der Waals surface area contributed by atoms with Crippen molar-refractivity contribution in [3.8, 4) is 0 Å². The van der Waals surface area contributed by atoms with Crippen LogP contribution >= 0.6 is 0 Å². The summed E-state index contributed by atoms with van der Waals surface area (Å²) in [5, 5.41) is 8.52. The van der Waals surface area contributed by atoms with E-state index in [1.807, 2.05) is 28.8 Å². The van der Waals surface area contributed by atoms with E-state index in [-0.39, 0.29) is 19.2 Å². The number of carbonyl (C=O) groups is 1. The summed E-state index contributed by atoms with van der Waals surface area (Å²) in [7, 11) is 0. The molecule has 1 heterocycles. The Morgan fingerprint density at radius 1 is 1.39 bits per heavy atom. The molecule has 1 N–H and O–H groups in total. The number of ether oxygens (including phenoxy) is 1.